The first-order valence-electron chi connectivity index (χ1n) is 9.51. The Morgan fingerprint density at radius 1 is 1.04 bits per heavy atom. The van der Waals surface area contributed by atoms with Crippen LogP contribution in [0, 0.1) is 0 Å². The minimum absolute atomic E-state index is 0.0309. The average molecular weight is 346 g/mol. The van der Waals surface area contributed by atoms with Crippen molar-refractivity contribution < 1.29 is 14.0 Å². The molecule has 3 saturated carbocycles. The molecule has 7 nitrogen and oxygen atoms in total. The molecule has 3 amide bonds. The van der Waals surface area contributed by atoms with E-state index < -0.39 is 0 Å². The number of nitrogens with zero attached hydrogens (tertiary/aromatic N) is 2. The van der Waals surface area contributed by atoms with Crippen LogP contribution in [-0.2, 0) is 6.54 Å². The summed E-state index contributed by atoms with van der Waals surface area (Å²) in [5.41, 5.74) is 0.297. The highest BCUT2D eigenvalue weighted by atomic mass is 16.3. The van der Waals surface area contributed by atoms with E-state index in [1.165, 1.54) is 25.5 Å². The highest BCUT2D eigenvalue weighted by Gasteiger charge is 2.35. The number of hydrogen-bond donors (Lipinski definition) is 2. The Kier molecular flexibility index (Phi) is 4.63. The van der Waals surface area contributed by atoms with Gasteiger partial charge in [-0.2, -0.15) is 0 Å². The molecule has 3 aliphatic carbocycles. The fourth-order valence-corrected chi connectivity index (χ4v) is 3.38. The van der Waals surface area contributed by atoms with Gasteiger partial charge in [0.25, 0.3) is 5.91 Å². The predicted molar refractivity (Wildman–Crippen MR) is 91.0 cm³/mol. The molecule has 0 unspecified atom stereocenters. The lowest BCUT2D eigenvalue weighted by Crippen LogP contribution is -2.46. The molecule has 3 aliphatic rings. The third kappa shape index (κ3) is 4.32. The van der Waals surface area contributed by atoms with Gasteiger partial charge in [0, 0.05) is 18.1 Å². The molecule has 1 aromatic heterocycles. The molecule has 3 fully saturated rings. The highest BCUT2D eigenvalue weighted by molar-refractivity contribution is 5.92. The summed E-state index contributed by atoms with van der Waals surface area (Å²) in [5.74, 6) is 0.230. The van der Waals surface area contributed by atoms with Gasteiger partial charge in [0.15, 0.2) is 5.69 Å². The summed E-state index contributed by atoms with van der Waals surface area (Å²) in [6.07, 6.45) is 11.3. The number of hydrogen-bond acceptors (Lipinski definition) is 4. The summed E-state index contributed by atoms with van der Waals surface area (Å²) in [5, 5.41) is 6.06. The first kappa shape index (κ1) is 16.4. The molecule has 2 N–H and O–H groups in total. The quantitative estimate of drug-likeness (QED) is 0.829. The number of amides is 3. The van der Waals surface area contributed by atoms with Crippen LogP contribution in [0.15, 0.2) is 10.7 Å². The SMILES string of the molecule is O=C(NC1CC1)c1coc(CN(C(=O)NC2CCCCC2)C2CC2)n1. The Balaban J connectivity index is 1.35. The maximum Gasteiger partial charge on any atom is 0.318 e. The van der Waals surface area contributed by atoms with Crippen molar-refractivity contribution in [2.45, 2.75) is 82.5 Å². The molecule has 0 spiro atoms. The summed E-state index contributed by atoms with van der Waals surface area (Å²) in [4.78, 5) is 30.7. The zero-order chi connectivity index (χ0) is 17.2. The van der Waals surface area contributed by atoms with Crippen LogP contribution in [0.5, 0.6) is 0 Å². The second-order valence-electron chi connectivity index (χ2n) is 7.52. The molecule has 0 aliphatic heterocycles. The molecule has 7 heteroatoms. The van der Waals surface area contributed by atoms with E-state index in [1.807, 2.05) is 4.90 Å². The number of urea groups is 1. The molecule has 0 atom stereocenters. The Labute approximate surface area is 147 Å². The van der Waals surface area contributed by atoms with E-state index >= 15 is 0 Å². The van der Waals surface area contributed by atoms with Crippen LogP contribution in [-0.4, -0.2) is 39.9 Å². The van der Waals surface area contributed by atoms with Crippen molar-refractivity contribution in [1.82, 2.24) is 20.5 Å². The van der Waals surface area contributed by atoms with Gasteiger partial charge >= 0.3 is 6.03 Å². The van der Waals surface area contributed by atoms with Crippen LogP contribution < -0.4 is 10.6 Å². The van der Waals surface area contributed by atoms with Gasteiger partial charge in [-0.05, 0) is 38.5 Å². The fraction of sp³-hybridized carbons (Fsp3) is 0.722. The van der Waals surface area contributed by atoms with Gasteiger partial charge in [-0.25, -0.2) is 9.78 Å². The van der Waals surface area contributed by atoms with Gasteiger partial charge in [0.1, 0.15) is 6.26 Å². The van der Waals surface area contributed by atoms with Crippen molar-refractivity contribution in [3.63, 3.8) is 0 Å². The lowest BCUT2D eigenvalue weighted by molar-refractivity contribution is 0.0946. The van der Waals surface area contributed by atoms with Crippen molar-refractivity contribution in [3.05, 3.63) is 17.8 Å². The summed E-state index contributed by atoms with van der Waals surface area (Å²) in [7, 11) is 0. The largest absolute Gasteiger partial charge is 0.446 e. The van der Waals surface area contributed by atoms with Crippen LogP contribution in [0.2, 0.25) is 0 Å². The second-order valence-corrected chi connectivity index (χ2v) is 7.52. The van der Waals surface area contributed by atoms with Gasteiger partial charge in [-0.15, -0.1) is 0 Å². The molecule has 1 aromatic rings. The minimum atomic E-state index is -0.192. The minimum Gasteiger partial charge on any atom is -0.446 e. The molecule has 0 aromatic carbocycles. The second kappa shape index (κ2) is 7.06. The third-order valence-electron chi connectivity index (χ3n) is 5.18. The summed E-state index contributed by atoms with van der Waals surface area (Å²) in [6, 6.07) is 0.805. The number of carbonyl (C=O) groups is 2. The van der Waals surface area contributed by atoms with Crippen LogP contribution in [0.1, 0.15) is 74.2 Å². The van der Waals surface area contributed by atoms with E-state index in [1.54, 1.807) is 0 Å². The summed E-state index contributed by atoms with van der Waals surface area (Å²) < 4.78 is 5.44. The van der Waals surface area contributed by atoms with Crippen LogP contribution >= 0.6 is 0 Å². The van der Waals surface area contributed by atoms with E-state index in [4.69, 9.17) is 4.42 Å². The summed E-state index contributed by atoms with van der Waals surface area (Å²) in [6.45, 7) is 0.319. The van der Waals surface area contributed by atoms with Crippen molar-refractivity contribution in [2.24, 2.45) is 0 Å². The van der Waals surface area contributed by atoms with E-state index in [9.17, 15) is 9.59 Å². The van der Waals surface area contributed by atoms with Crippen LogP contribution in [0.25, 0.3) is 0 Å². The Bertz CT molecular complexity index is 630. The summed E-state index contributed by atoms with van der Waals surface area (Å²) >= 11 is 0. The van der Waals surface area contributed by atoms with Crippen molar-refractivity contribution >= 4 is 11.9 Å². The number of oxazole rings is 1. The lowest BCUT2D eigenvalue weighted by Gasteiger charge is -2.27. The van der Waals surface area contributed by atoms with Crippen molar-refractivity contribution in [2.75, 3.05) is 0 Å². The van der Waals surface area contributed by atoms with Crippen molar-refractivity contribution in [1.29, 1.82) is 0 Å². The van der Waals surface area contributed by atoms with Crippen molar-refractivity contribution in [3.8, 4) is 0 Å². The molecule has 0 bridgehead atoms. The van der Waals surface area contributed by atoms with E-state index in [-0.39, 0.29) is 30.1 Å². The maximum absolute atomic E-state index is 12.7. The number of aromatic nitrogens is 1. The van der Waals surface area contributed by atoms with E-state index in [2.05, 4.69) is 15.6 Å². The molecule has 0 saturated heterocycles. The maximum atomic E-state index is 12.7. The number of carbonyl (C=O) groups excluding carboxylic acids is 2. The van der Waals surface area contributed by atoms with E-state index in [0.717, 1.165) is 38.5 Å². The number of nitrogens with one attached hydrogen (secondary N) is 2. The van der Waals surface area contributed by atoms with Gasteiger partial charge in [-0.1, -0.05) is 19.3 Å². The first-order valence-corrected chi connectivity index (χ1v) is 9.51. The lowest BCUT2D eigenvalue weighted by atomic mass is 9.96. The fourth-order valence-electron chi connectivity index (χ4n) is 3.38. The zero-order valence-electron chi connectivity index (χ0n) is 14.5. The Morgan fingerprint density at radius 2 is 1.76 bits per heavy atom. The van der Waals surface area contributed by atoms with Gasteiger partial charge < -0.3 is 20.0 Å². The molecule has 136 valence electrons. The molecular weight excluding hydrogens is 320 g/mol. The normalized spacial score (nSPS) is 21.0. The van der Waals surface area contributed by atoms with Gasteiger partial charge in [-0.3, -0.25) is 4.79 Å². The smallest absolute Gasteiger partial charge is 0.318 e. The zero-order valence-corrected chi connectivity index (χ0v) is 14.5. The molecule has 0 radical (unpaired) electrons. The third-order valence-corrected chi connectivity index (χ3v) is 5.18. The van der Waals surface area contributed by atoms with Gasteiger partial charge in [0.05, 0.1) is 6.54 Å². The Hall–Kier alpha value is -2.05. The predicted octanol–water partition coefficient (Wildman–Crippen LogP) is 2.57. The standard InChI is InChI=1S/C18H26N4O3/c23-17(19-13-6-7-13)15-11-25-16(21-15)10-22(14-8-9-14)18(24)20-12-4-2-1-3-5-12/h11-14H,1-10H2,(H,19,23)(H,20,24). The molecule has 1 heterocycles. The first-order chi connectivity index (χ1) is 12.2. The topological polar surface area (TPSA) is 87.5 Å². The molecule has 25 heavy (non-hydrogen) atoms. The Morgan fingerprint density at radius 3 is 2.44 bits per heavy atom. The van der Waals surface area contributed by atoms with Crippen LogP contribution in [0.3, 0.4) is 0 Å². The molecule has 4 rings (SSSR count). The van der Waals surface area contributed by atoms with Crippen LogP contribution in [0.4, 0.5) is 4.79 Å². The van der Waals surface area contributed by atoms with E-state index in [0.29, 0.717) is 18.1 Å². The monoisotopic (exact) mass is 346 g/mol. The average Bonchev–Trinajstić information content (AvgIpc) is 3.54. The van der Waals surface area contributed by atoms with Gasteiger partial charge in [0.2, 0.25) is 5.89 Å². The molecular formula is C18H26N4O3. The number of rotatable bonds is 6. The highest BCUT2D eigenvalue weighted by Crippen LogP contribution is 2.29.